The summed E-state index contributed by atoms with van der Waals surface area (Å²) in [6.45, 7) is 22.2. The van der Waals surface area contributed by atoms with Gasteiger partial charge in [0.05, 0.1) is 35.4 Å². The molecule has 0 saturated carbocycles. The van der Waals surface area contributed by atoms with Gasteiger partial charge in [-0.2, -0.15) is 0 Å². The SMILES string of the molecule is Cc1c(Cl)c(Cl)nc2cc(O[C@@H]3CO[C@@H]4C(O[Si](C)(C)C(C)(C)C)CO[C@@H]43)n(COCC[Si](C)(C)C)c12. The van der Waals surface area contributed by atoms with Crippen molar-refractivity contribution in [2.24, 2.45) is 0 Å². The Balaban J connectivity index is 1.54. The molecule has 1 unspecified atom stereocenters. The third-order valence-electron chi connectivity index (χ3n) is 7.83. The van der Waals surface area contributed by atoms with E-state index in [9.17, 15) is 0 Å². The first kappa shape index (κ1) is 29.3. The van der Waals surface area contributed by atoms with Crippen molar-refractivity contribution in [1.29, 1.82) is 0 Å². The van der Waals surface area contributed by atoms with E-state index in [0.717, 1.165) is 22.6 Å². The van der Waals surface area contributed by atoms with Gasteiger partial charge in [-0.25, -0.2) is 4.98 Å². The first-order chi connectivity index (χ1) is 17.1. The quantitative estimate of drug-likeness (QED) is 0.180. The fourth-order valence-corrected chi connectivity index (χ4v) is 6.94. The summed E-state index contributed by atoms with van der Waals surface area (Å²) in [5.41, 5.74) is 2.43. The van der Waals surface area contributed by atoms with Gasteiger partial charge < -0.3 is 23.4 Å². The van der Waals surface area contributed by atoms with Gasteiger partial charge in [0.1, 0.15) is 24.1 Å². The van der Waals surface area contributed by atoms with Crippen LogP contribution in [-0.4, -0.2) is 70.2 Å². The minimum Gasteiger partial charge on any atom is -0.470 e. The van der Waals surface area contributed by atoms with E-state index >= 15 is 0 Å². The number of halogens is 2. The number of ether oxygens (including phenoxy) is 4. The summed E-state index contributed by atoms with van der Waals surface area (Å²) < 4.78 is 33.7. The van der Waals surface area contributed by atoms with Crippen molar-refractivity contribution in [2.45, 2.75) is 103 Å². The molecule has 0 N–H and O–H groups in total. The molecule has 4 rings (SSSR count). The van der Waals surface area contributed by atoms with Gasteiger partial charge in [-0.05, 0) is 36.7 Å². The zero-order valence-corrected chi connectivity index (χ0v) is 27.1. The number of hydrogen-bond donors (Lipinski definition) is 0. The Morgan fingerprint density at radius 1 is 1.05 bits per heavy atom. The van der Waals surface area contributed by atoms with Gasteiger partial charge in [0.2, 0.25) is 0 Å². The lowest BCUT2D eigenvalue weighted by Crippen LogP contribution is -2.47. The fraction of sp³-hybridized carbons (Fsp3) is 0.731. The Kier molecular flexibility index (Phi) is 8.50. The van der Waals surface area contributed by atoms with Gasteiger partial charge in [0, 0.05) is 20.7 Å². The van der Waals surface area contributed by atoms with Crippen molar-refractivity contribution in [3.8, 4) is 5.88 Å². The topological polar surface area (TPSA) is 64.0 Å². The molecule has 0 aromatic carbocycles. The Labute approximate surface area is 233 Å². The second-order valence-electron chi connectivity index (χ2n) is 13.0. The maximum Gasteiger partial charge on any atom is 0.198 e. The van der Waals surface area contributed by atoms with Crippen LogP contribution in [0.4, 0.5) is 0 Å². The van der Waals surface area contributed by atoms with Gasteiger partial charge in [0.25, 0.3) is 0 Å². The maximum atomic E-state index is 6.65. The average molecular weight is 590 g/mol. The molecule has 208 valence electrons. The van der Waals surface area contributed by atoms with E-state index in [4.69, 9.17) is 46.6 Å². The molecule has 0 aliphatic carbocycles. The van der Waals surface area contributed by atoms with Crippen molar-refractivity contribution in [3.05, 3.63) is 21.8 Å². The third kappa shape index (κ3) is 6.24. The molecule has 11 heteroatoms. The molecule has 2 aliphatic heterocycles. The molecule has 0 amide bonds. The number of aryl methyl sites for hydroxylation is 1. The molecule has 2 saturated heterocycles. The van der Waals surface area contributed by atoms with Crippen LogP contribution in [0, 0.1) is 6.92 Å². The van der Waals surface area contributed by atoms with Crippen molar-refractivity contribution < 1.29 is 23.4 Å². The van der Waals surface area contributed by atoms with Crippen LogP contribution in [0.1, 0.15) is 26.3 Å². The molecule has 4 heterocycles. The Morgan fingerprint density at radius 3 is 2.30 bits per heavy atom. The van der Waals surface area contributed by atoms with Crippen LogP contribution in [0.5, 0.6) is 5.88 Å². The van der Waals surface area contributed by atoms with Crippen LogP contribution in [0.2, 0.25) is 54.0 Å². The van der Waals surface area contributed by atoms with Gasteiger partial charge in [0.15, 0.2) is 20.3 Å². The van der Waals surface area contributed by atoms with E-state index in [2.05, 4.69) is 58.5 Å². The molecule has 4 atom stereocenters. The van der Waals surface area contributed by atoms with Crippen LogP contribution in [0.3, 0.4) is 0 Å². The van der Waals surface area contributed by atoms with Crippen LogP contribution in [0.25, 0.3) is 11.0 Å². The Hall–Kier alpha value is -0.656. The summed E-state index contributed by atoms with van der Waals surface area (Å²) in [7, 11) is -3.17. The predicted molar refractivity (Wildman–Crippen MR) is 155 cm³/mol. The zero-order valence-electron chi connectivity index (χ0n) is 23.6. The van der Waals surface area contributed by atoms with Gasteiger partial charge in [-0.1, -0.05) is 63.6 Å². The minimum atomic E-state index is -1.96. The average Bonchev–Trinajstić information content (AvgIpc) is 3.44. The summed E-state index contributed by atoms with van der Waals surface area (Å²) in [4.78, 5) is 4.51. The molecule has 0 bridgehead atoms. The van der Waals surface area contributed by atoms with Crippen LogP contribution >= 0.6 is 23.2 Å². The number of nitrogens with zero attached hydrogens (tertiary/aromatic N) is 2. The third-order valence-corrected chi connectivity index (χ3v) is 14.9. The first-order valence-electron chi connectivity index (χ1n) is 13.1. The monoisotopic (exact) mass is 588 g/mol. The second-order valence-corrected chi connectivity index (χ2v) is 24.1. The standard InChI is InChI=1S/C26H42Cl2N2O5Si2/c1-16-21(27)25(28)29-17-12-20(30(22(16)17)15-31-10-11-36(5,6)7)34-18-13-32-24-19(14-33-23(18)24)35-37(8,9)26(2,3)4/h12,18-19,23-24H,10-11,13-15H2,1-9H3/t18-,19?,23-,24-/m1/s1. The summed E-state index contributed by atoms with van der Waals surface area (Å²) in [6.07, 6.45) is -0.699. The van der Waals surface area contributed by atoms with E-state index in [-0.39, 0.29) is 34.6 Å². The first-order valence-corrected chi connectivity index (χ1v) is 20.5. The molecule has 2 fully saturated rings. The largest absolute Gasteiger partial charge is 0.470 e. The highest BCUT2D eigenvalue weighted by Crippen LogP contribution is 2.41. The summed E-state index contributed by atoms with van der Waals surface area (Å²) in [6, 6.07) is 2.98. The predicted octanol–water partition coefficient (Wildman–Crippen LogP) is 6.90. The van der Waals surface area contributed by atoms with E-state index in [1.54, 1.807) is 0 Å². The summed E-state index contributed by atoms with van der Waals surface area (Å²) in [5, 5.41) is 0.837. The molecule has 2 aromatic heterocycles. The molecule has 7 nitrogen and oxygen atoms in total. The van der Waals surface area contributed by atoms with E-state index < -0.39 is 16.4 Å². The van der Waals surface area contributed by atoms with Crippen LogP contribution < -0.4 is 4.74 Å². The lowest BCUT2D eigenvalue weighted by atomic mass is 10.1. The lowest BCUT2D eigenvalue weighted by molar-refractivity contribution is 0.00859. The molecule has 0 radical (unpaired) electrons. The number of fused-ring (bicyclic) bond motifs is 2. The molecule has 37 heavy (non-hydrogen) atoms. The summed E-state index contributed by atoms with van der Waals surface area (Å²) >= 11 is 12.8. The van der Waals surface area contributed by atoms with Crippen LogP contribution in [0.15, 0.2) is 6.07 Å². The summed E-state index contributed by atoms with van der Waals surface area (Å²) in [5.74, 6) is 0.642. The lowest BCUT2D eigenvalue weighted by Gasteiger charge is -2.39. The van der Waals surface area contributed by atoms with Crippen LogP contribution in [-0.2, 0) is 25.4 Å². The van der Waals surface area contributed by atoms with Crippen molar-refractivity contribution in [2.75, 3.05) is 19.8 Å². The van der Waals surface area contributed by atoms with Gasteiger partial charge in [-0.15, -0.1) is 0 Å². The Bertz CT molecular complexity index is 1130. The maximum absolute atomic E-state index is 6.65. The molecule has 0 spiro atoms. The fourth-order valence-electron chi connectivity index (χ4n) is 4.51. The van der Waals surface area contributed by atoms with Crippen molar-refractivity contribution in [3.63, 3.8) is 0 Å². The molecule has 2 aromatic rings. The molecular weight excluding hydrogens is 547 g/mol. The highest BCUT2D eigenvalue weighted by molar-refractivity contribution is 6.76. The molecule has 2 aliphatic rings. The van der Waals surface area contributed by atoms with E-state index in [0.29, 0.717) is 37.5 Å². The van der Waals surface area contributed by atoms with Crippen molar-refractivity contribution >= 4 is 50.6 Å². The number of aromatic nitrogens is 2. The second kappa shape index (κ2) is 10.7. The van der Waals surface area contributed by atoms with Gasteiger partial charge >= 0.3 is 0 Å². The Morgan fingerprint density at radius 2 is 1.68 bits per heavy atom. The zero-order chi connectivity index (χ0) is 27.3. The van der Waals surface area contributed by atoms with E-state index in [1.807, 2.05) is 17.6 Å². The highest BCUT2D eigenvalue weighted by Gasteiger charge is 2.52. The number of hydrogen-bond acceptors (Lipinski definition) is 6. The molecular formula is C26H42Cl2N2O5Si2. The van der Waals surface area contributed by atoms with E-state index in [1.165, 1.54) is 0 Å². The highest BCUT2D eigenvalue weighted by atomic mass is 35.5. The van der Waals surface area contributed by atoms with Gasteiger partial charge in [-0.3, -0.25) is 4.57 Å². The minimum absolute atomic E-state index is 0.0863. The normalized spacial score (nSPS) is 24.7. The van der Waals surface area contributed by atoms with Crippen molar-refractivity contribution in [1.82, 2.24) is 9.55 Å². The smallest absolute Gasteiger partial charge is 0.198 e. The number of rotatable bonds is 9. The number of pyridine rings is 1.